The van der Waals surface area contributed by atoms with E-state index < -0.39 is 0 Å². The van der Waals surface area contributed by atoms with Gasteiger partial charge in [0.15, 0.2) is 0 Å². The Bertz CT molecular complexity index is 9.61. The molecule has 0 saturated heterocycles. The van der Waals surface area contributed by atoms with Crippen molar-refractivity contribution < 1.29 is 12.4 Å². The second kappa shape index (κ2) is 29.6. The predicted octanol–water partition coefficient (Wildman–Crippen LogP) is -1.76. The van der Waals surface area contributed by atoms with Crippen LogP contribution in [0.25, 0.3) is 0 Å². The van der Waals surface area contributed by atoms with Gasteiger partial charge in [-0.15, -0.1) is 12.4 Å². The average Bonchev–Trinajstić information content (AvgIpc) is 0. The molecular weight excluding hydrogens is 90.4 g/mol. The van der Waals surface area contributed by atoms with Crippen LogP contribution < -0.4 is 0 Å². The van der Waals surface area contributed by atoms with Crippen molar-refractivity contribution in [3.63, 3.8) is 0 Å². The maximum atomic E-state index is 0. The van der Waals surface area contributed by atoms with Crippen LogP contribution in [-0.4, -0.2) is 40.5 Å². The molecule has 0 saturated carbocycles. The number of hydrogen-bond acceptors (Lipinski definition) is 0. The molecule has 0 aliphatic heterocycles. The number of rotatable bonds is 0. The summed E-state index contributed by atoms with van der Waals surface area (Å²) in [5, 5.41) is 0. The first-order valence-electron chi connectivity index (χ1n) is 0. The van der Waals surface area contributed by atoms with E-state index in [2.05, 4.69) is 0 Å². The summed E-state index contributed by atoms with van der Waals surface area (Å²) in [4.78, 5) is 0. The van der Waals surface area contributed by atoms with Crippen molar-refractivity contribution in [2.75, 3.05) is 0 Å². The first-order valence-corrected chi connectivity index (χ1v) is 0. The molecule has 4 heteroatoms. The molecule has 0 heterocycles. The van der Waals surface area contributed by atoms with Crippen LogP contribution in [0.4, 0.5) is 0 Å². The average molecular weight is 97.5 g/mol. The van der Waals surface area contributed by atoms with E-state index in [0.717, 1.165) is 0 Å². The van der Waals surface area contributed by atoms with Crippen LogP contribution >= 0.6 is 12.4 Å². The maximum absolute atomic E-state index is 0. The molecule has 4 heavy (non-hydrogen) atoms. The fraction of sp³-hybridized carbons (Fsp3) is 0. The second-order valence-electron chi connectivity index (χ2n) is 0. The van der Waals surface area contributed by atoms with E-state index in [1.807, 2.05) is 0 Å². The Kier molecular flexibility index (Phi) is 467. The van der Waals surface area contributed by atoms with Crippen molar-refractivity contribution in [2.45, 2.75) is 0 Å². The molecule has 0 aromatic carbocycles. The Morgan fingerprint density at radius 2 is 1.00 bits per heavy atom. The molecule has 0 bridgehead atoms. The van der Waals surface area contributed by atoms with Gasteiger partial charge in [-0.1, -0.05) is 0 Å². The fourth-order valence-corrected chi connectivity index (χ4v) is 0. The van der Waals surface area contributed by atoms with Gasteiger partial charge in [0, 0.05) is 0 Å². The van der Waals surface area contributed by atoms with E-state index in [0.29, 0.717) is 0 Å². The summed E-state index contributed by atoms with van der Waals surface area (Å²) < 4.78 is 0. The standard InChI is InChI=1S/ClH.Na.2H2O.H/h1H;;2*1H2;/p+1. The van der Waals surface area contributed by atoms with Gasteiger partial charge in [0.1, 0.15) is 0 Å². The van der Waals surface area contributed by atoms with E-state index >= 15 is 0 Å². The zero-order valence-corrected chi connectivity index (χ0v) is 2.22. The van der Waals surface area contributed by atoms with Crippen LogP contribution in [0.5, 0.6) is 0 Å². The van der Waals surface area contributed by atoms with Crippen LogP contribution in [-0.2, 0) is 0 Å². The van der Waals surface area contributed by atoms with E-state index in [9.17, 15) is 0 Å². The Morgan fingerprint density at radius 1 is 1.00 bits per heavy atom. The van der Waals surface area contributed by atoms with E-state index in [1.165, 1.54) is 0 Å². The fourth-order valence-electron chi connectivity index (χ4n) is 0. The molecule has 0 aromatic heterocycles. The van der Waals surface area contributed by atoms with Crippen molar-refractivity contribution in [1.82, 2.24) is 0 Å². The minimum atomic E-state index is 0. The summed E-state index contributed by atoms with van der Waals surface area (Å²) in [6.07, 6.45) is 0. The molecule has 0 aliphatic rings. The van der Waals surface area contributed by atoms with E-state index in [1.54, 1.807) is 0 Å². The minimum absolute atomic E-state index is 0. The van der Waals surface area contributed by atoms with Gasteiger partial charge in [0.05, 0.1) is 0 Å². The summed E-state index contributed by atoms with van der Waals surface area (Å²) >= 11 is 0. The molecule has 0 aromatic rings. The van der Waals surface area contributed by atoms with Crippen molar-refractivity contribution >= 4 is 42.0 Å². The van der Waals surface area contributed by atoms with Gasteiger partial charge in [0.2, 0.25) is 0 Å². The normalized spacial score (nSPS) is 0. The van der Waals surface area contributed by atoms with Gasteiger partial charge in [-0.25, -0.2) is 0 Å². The van der Waals surface area contributed by atoms with Crippen molar-refractivity contribution in [1.29, 1.82) is 0 Å². The predicted molar refractivity (Wildman–Crippen MR) is 22.7 cm³/mol. The molecule has 0 radical (unpaired) electrons. The number of halogens is 1. The van der Waals surface area contributed by atoms with Crippen LogP contribution in [0, 0.1) is 0 Å². The Morgan fingerprint density at radius 3 is 1.00 bits per heavy atom. The Hall–Kier alpha value is 1.21. The van der Waals surface area contributed by atoms with Gasteiger partial charge in [-0.3, -0.25) is 0 Å². The molecule has 0 rings (SSSR count). The van der Waals surface area contributed by atoms with Crippen LogP contribution in [0.3, 0.4) is 0 Å². The zero-order chi connectivity index (χ0) is 0. The van der Waals surface area contributed by atoms with Crippen LogP contribution in [0.1, 0.15) is 1.43 Å². The molecule has 0 atom stereocenters. The topological polar surface area (TPSA) is 63.0 Å². The SMILES string of the molecule is Cl.O.O.[H+].[NaH]. The quantitative estimate of drug-likeness (QED) is 0.322. The number of hydrogen-bond donors (Lipinski definition) is 0. The molecule has 0 fully saturated rings. The summed E-state index contributed by atoms with van der Waals surface area (Å²) in [5.74, 6) is 0. The molecule has 0 amide bonds. The van der Waals surface area contributed by atoms with Gasteiger partial charge in [-0.2, -0.15) is 0 Å². The first kappa shape index (κ1) is 63.1. The molecule has 2 nitrogen and oxygen atoms in total. The Labute approximate surface area is 54.4 Å². The van der Waals surface area contributed by atoms with Gasteiger partial charge < -0.3 is 11.0 Å². The van der Waals surface area contributed by atoms with Crippen LogP contribution in [0.2, 0.25) is 0 Å². The van der Waals surface area contributed by atoms with Crippen LogP contribution in [0.15, 0.2) is 0 Å². The zero-order valence-electron chi connectivity index (χ0n) is 2.41. The van der Waals surface area contributed by atoms with Crippen molar-refractivity contribution in [3.8, 4) is 0 Å². The van der Waals surface area contributed by atoms with E-state index in [-0.39, 0.29) is 54.3 Å². The summed E-state index contributed by atoms with van der Waals surface area (Å²) in [7, 11) is 0. The molecular formula is H7ClNaO2+. The molecule has 0 spiro atoms. The van der Waals surface area contributed by atoms with Gasteiger partial charge >= 0.3 is 31.0 Å². The molecule has 0 unspecified atom stereocenters. The monoisotopic (exact) mass is 97.0 g/mol. The van der Waals surface area contributed by atoms with Crippen molar-refractivity contribution in [3.05, 3.63) is 0 Å². The van der Waals surface area contributed by atoms with Gasteiger partial charge in [0.25, 0.3) is 0 Å². The second-order valence-corrected chi connectivity index (χ2v) is 0. The summed E-state index contributed by atoms with van der Waals surface area (Å²) in [6.45, 7) is 0. The summed E-state index contributed by atoms with van der Waals surface area (Å²) in [6, 6.07) is 0. The molecule has 0 aliphatic carbocycles. The third-order valence-electron chi connectivity index (χ3n) is 0. The van der Waals surface area contributed by atoms with Crippen molar-refractivity contribution in [2.24, 2.45) is 0 Å². The molecule has 4 N–H and O–H groups in total. The van der Waals surface area contributed by atoms with E-state index in [4.69, 9.17) is 0 Å². The third-order valence-corrected chi connectivity index (χ3v) is 0. The third kappa shape index (κ3) is 10.7. The Balaban J connectivity index is 0. The molecule has 26 valence electrons. The van der Waals surface area contributed by atoms with Gasteiger partial charge in [-0.05, 0) is 0 Å². The summed E-state index contributed by atoms with van der Waals surface area (Å²) in [5.41, 5.74) is 0. The first-order chi connectivity index (χ1) is 0.